The van der Waals surface area contributed by atoms with Crippen molar-refractivity contribution >= 4 is 23.7 Å². The first kappa shape index (κ1) is 18.7. The van der Waals surface area contributed by atoms with Gasteiger partial charge in [0, 0.05) is 49.1 Å². The van der Waals surface area contributed by atoms with E-state index in [0.717, 1.165) is 55.6 Å². The van der Waals surface area contributed by atoms with Crippen LogP contribution < -0.4 is 4.90 Å². The van der Waals surface area contributed by atoms with Crippen molar-refractivity contribution in [3.05, 3.63) is 82.7 Å². The number of hydrogen-bond donors (Lipinski definition) is 1. The third-order valence-electron chi connectivity index (χ3n) is 6.36. The van der Waals surface area contributed by atoms with Crippen molar-refractivity contribution in [2.45, 2.75) is 25.7 Å². The van der Waals surface area contributed by atoms with Crippen molar-refractivity contribution in [1.29, 1.82) is 0 Å². The highest BCUT2D eigenvalue weighted by Crippen LogP contribution is 2.36. The Hall–Kier alpha value is -3.34. The molecule has 2 aromatic rings. The van der Waals surface area contributed by atoms with Crippen molar-refractivity contribution in [2.24, 2.45) is 0 Å². The molecule has 0 fully saturated rings. The first-order valence-corrected chi connectivity index (χ1v) is 10.6. The summed E-state index contributed by atoms with van der Waals surface area (Å²) in [5.74, 6) is 0. The first-order valence-electron chi connectivity index (χ1n) is 10.6. The summed E-state index contributed by atoms with van der Waals surface area (Å²) < 4.78 is 2.27. The summed E-state index contributed by atoms with van der Waals surface area (Å²) in [4.78, 5) is 15.5. The number of nitrogens with zero attached hydrogens (tertiary/aromatic N) is 3. The zero-order valence-corrected chi connectivity index (χ0v) is 17.2. The van der Waals surface area contributed by atoms with E-state index in [9.17, 15) is 9.90 Å². The van der Waals surface area contributed by atoms with Gasteiger partial charge in [-0.2, -0.15) is 4.58 Å². The van der Waals surface area contributed by atoms with E-state index in [1.165, 1.54) is 27.4 Å². The van der Waals surface area contributed by atoms with E-state index in [0.29, 0.717) is 0 Å². The van der Waals surface area contributed by atoms with Crippen LogP contribution in [-0.4, -0.2) is 47.0 Å². The third kappa shape index (κ3) is 3.20. The topological polar surface area (TPSA) is 46.8 Å². The van der Waals surface area contributed by atoms with Gasteiger partial charge in [-0.1, -0.05) is 36.4 Å². The number of carbonyl (C=O) groups is 1. The van der Waals surface area contributed by atoms with Crippen molar-refractivity contribution in [3.63, 3.8) is 0 Å². The van der Waals surface area contributed by atoms with Crippen LogP contribution in [0.5, 0.6) is 0 Å². The number of carboxylic acid groups (broad SMARTS) is 1. The molecule has 1 amide bonds. The van der Waals surface area contributed by atoms with E-state index < -0.39 is 6.09 Å². The Balaban J connectivity index is 1.55. The van der Waals surface area contributed by atoms with Crippen LogP contribution in [0.4, 0.5) is 16.2 Å². The van der Waals surface area contributed by atoms with Crippen molar-refractivity contribution in [2.75, 3.05) is 25.0 Å². The van der Waals surface area contributed by atoms with Gasteiger partial charge in [-0.15, -0.1) is 0 Å². The van der Waals surface area contributed by atoms with Gasteiger partial charge in [-0.05, 0) is 36.5 Å². The van der Waals surface area contributed by atoms with Crippen molar-refractivity contribution in [1.82, 2.24) is 4.90 Å². The second-order valence-corrected chi connectivity index (χ2v) is 8.14. The Morgan fingerprint density at radius 1 is 1.03 bits per heavy atom. The maximum Gasteiger partial charge on any atom is 0.411 e. The molecule has 0 atom stereocenters. The number of allylic oxidation sites excluding steroid dienone is 2. The van der Waals surface area contributed by atoms with Crippen LogP contribution in [0.3, 0.4) is 0 Å². The lowest BCUT2D eigenvalue weighted by atomic mass is 10.1. The number of likely N-dealkylation sites (N-methyl/N-ethyl adjacent to an activating group) is 1. The summed E-state index contributed by atoms with van der Waals surface area (Å²) in [6.45, 7) is 1.87. The maximum absolute atomic E-state index is 11.9. The Morgan fingerprint density at radius 2 is 1.80 bits per heavy atom. The molecule has 0 unspecified atom stereocenters. The molecule has 0 aromatic heterocycles. The van der Waals surface area contributed by atoms with E-state index in [4.69, 9.17) is 0 Å². The lowest BCUT2D eigenvalue weighted by molar-refractivity contribution is -0.423. The minimum atomic E-state index is -0.924. The summed E-state index contributed by atoms with van der Waals surface area (Å²) >= 11 is 0. The van der Waals surface area contributed by atoms with Gasteiger partial charge in [0.1, 0.15) is 0 Å². The van der Waals surface area contributed by atoms with Gasteiger partial charge >= 0.3 is 6.09 Å². The summed E-state index contributed by atoms with van der Waals surface area (Å²) in [6.07, 6.45) is 7.17. The fraction of sp³-hybridized carbons (Fsp3) is 0.280. The molecular formula is C25H26N3O2+. The molecule has 0 saturated carbocycles. The fourth-order valence-electron chi connectivity index (χ4n) is 4.86. The second kappa shape index (κ2) is 7.48. The Labute approximate surface area is 176 Å². The predicted octanol–water partition coefficient (Wildman–Crippen LogP) is 4.56. The molecule has 152 valence electrons. The third-order valence-corrected chi connectivity index (χ3v) is 6.36. The standard InChI is InChI=1S/C25H25N3O2/c1-26(25(29)30)24-20(16-27-14-12-18-6-2-4-8-22(18)27)10-11-21(24)17-28-15-13-19-7-3-5-9-23(19)28/h2-9,16-17H,10-15H2,1H3/p+1. The van der Waals surface area contributed by atoms with Gasteiger partial charge in [0.15, 0.2) is 12.8 Å². The fourth-order valence-corrected chi connectivity index (χ4v) is 4.86. The van der Waals surface area contributed by atoms with Gasteiger partial charge in [-0.25, -0.2) is 4.79 Å². The average Bonchev–Trinajstić information content (AvgIpc) is 3.46. The predicted molar refractivity (Wildman–Crippen MR) is 119 cm³/mol. The minimum absolute atomic E-state index is 0.830. The van der Waals surface area contributed by atoms with E-state index in [1.54, 1.807) is 7.05 Å². The Bertz CT molecular complexity index is 1110. The molecule has 2 aliphatic heterocycles. The van der Waals surface area contributed by atoms with Crippen LogP contribution in [0.25, 0.3) is 0 Å². The van der Waals surface area contributed by atoms with Crippen LogP contribution in [0.2, 0.25) is 0 Å². The van der Waals surface area contributed by atoms with Crippen molar-refractivity contribution < 1.29 is 14.5 Å². The molecule has 1 aliphatic carbocycles. The van der Waals surface area contributed by atoms with E-state index in [2.05, 4.69) is 70.4 Å². The minimum Gasteiger partial charge on any atom is -0.465 e. The largest absolute Gasteiger partial charge is 0.465 e. The molecule has 0 spiro atoms. The summed E-state index contributed by atoms with van der Waals surface area (Å²) in [6, 6.07) is 16.9. The molecule has 0 radical (unpaired) electrons. The van der Waals surface area contributed by atoms with Gasteiger partial charge in [-0.3, -0.25) is 4.90 Å². The average molecular weight is 401 g/mol. The summed E-state index contributed by atoms with van der Waals surface area (Å²) in [5, 5.41) is 9.74. The van der Waals surface area contributed by atoms with E-state index in [1.807, 2.05) is 0 Å². The van der Waals surface area contributed by atoms with Crippen LogP contribution in [0.1, 0.15) is 24.0 Å². The number of fused-ring (bicyclic) bond motifs is 2. The molecule has 5 rings (SSSR count). The van der Waals surface area contributed by atoms with Gasteiger partial charge in [0.05, 0.1) is 5.70 Å². The number of anilines is 1. The molecule has 5 nitrogen and oxygen atoms in total. The van der Waals surface area contributed by atoms with Crippen LogP contribution >= 0.6 is 0 Å². The van der Waals surface area contributed by atoms with Crippen LogP contribution in [-0.2, 0) is 12.8 Å². The molecule has 5 heteroatoms. The van der Waals surface area contributed by atoms with E-state index >= 15 is 0 Å². The molecule has 0 bridgehead atoms. The van der Waals surface area contributed by atoms with Crippen LogP contribution in [0.15, 0.2) is 71.6 Å². The van der Waals surface area contributed by atoms with Gasteiger partial charge in [0.2, 0.25) is 5.69 Å². The molecule has 1 N–H and O–H groups in total. The number of rotatable bonds is 3. The molecule has 2 heterocycles. The molecule has 3 aliphatic rings. The SMILES string of the molecule is CN(C(=O)O)C1=C(C=[N+]2CCc3ccccc32)CC/C1=C\N1CCc2ccccc21. The summed E-state index contributed by atoms with van der Waals surface area (Å²) in [5.41, 5.74) is 8.18. The van der Waals surface area contributed by atoms with Gasteiger partial charge in [0.25, 0.3) is 0 Å². The summed E-state index contributed by atoms with van der Waals surface area (Å²) in [7, 11) is 1.65. The molecular weight excluding hydrogens is 374 g/mol. The van der Waals surface area contributed by atoms with Crippen LogP contribution in [0, 0.1) is 0 Å². The lowest BCUT2D eigenvalue weighted by Gasteiger charge is -2.20. The first-order chi connectivity index (χ1) is 14.6. The zero-order valence-electron chi connectivity index (χ0n) is 17.2. The quantitative estimate of drug-likeness (QED) is 0.768. The number of amides is 1. The molecule has 2 aromatic carbocycles. The highest BCUT2D eigenvalue weighted by Gasteiger charge is 2.30. The number of para-hydroxylation sites is 2. The monoisotopic (exact) mass is 400 g/mol. The Morgan fingerprint density at radius 3 is 2.63 bits per heavy atom. The highest BCUT2D eigenvalue weighted by atomic mass is 16.4. The molecule has 0 saturated heterocycles. The smallest absolute Gasteiger partial charge is 0.411 e. The number of hydrogen-bond acceptors (Lipinski definition) is 2. The second-order valence-electron chi connectivity index (χ2n) is 8.14. The maximum atomic E-state index is 11.9. The normalized spacial score (nSPS) is 20.2. The van der Waals surface area contributed by atoms with E-state index in [-0.39, 0.29) is 0 Å². The number of benzene rings is 2. The zero-order chi connectivity index (χ0) is 20.7. The Kier molecular flexibility index (Phi) is 4.66. The van der Waals surface area contributed by atoms with Crippen molar-refractivity contribution in [3.8, 4) is 0 Å². The lowest BCUT2D eigenvalue weighted by Crippen LogP contribution is -2.26. The molecule has 30 heavy (non-hydrogen) atoms. The van der Waals surface area contributed by atoms with Gasteiger partial charge < -0.3 is 10.0 Å². The highest BCUT2D eigenvalue weighted by molar-refractivity contribution is 5.83.